The van der Waals surface area contributed by atoms with Gasteiger partial charge >= 0.3 is 0 Å². The molecule has 1 fully saturated rings. The number of nitrogens with zero attached hydrogens (tertiary/aromatic N) is 2. The number of pyridine rings is 1. The third kappa shape index (κ3) is 3.45. The molecular formula is C15H25N3. The Morgan fingerprint density at radius 2 is 2.22 bits per heavy atom. The SMILES string of the molecule is CCNc1ccc(CN2CCC(C)CC2C)cn1. The van der Waals surface area contributed by atoms with E-state index in [9.17, 15) is 0 Å². The van der Waals surface area contributed by atoms with Gasteiger partial charge < -0.3 is 5.32 Å². The average Bonchev–Trinajstić information content (AvgIpc) is 2.35. The Kier molecular flexibility index (Phi) is 4.59. The number of anilines is 1. The fraction of sp³-hybridized carbons (Fsp3) is 0.667. The molecule has 3 heteroatoms. The number of hydrogen-bond donors (Lipinski definition) is 1. The third-order valence-electron chi connectivity index (χ3n) is 3.84. The molecule has 2 rings (SSSR count). The van der Waals surface area contributed by atoms with Crippen molar-refractivity contribution in [3.63, 3.8) is 0 Å². The van der Waals surface area contributed by atoms with Crippen molar-refractivity contribution in [2.75, 3.05) is 18.4 Å². The molecule has 0 spiro atoms. The number of aromatic nitrogens is 1. The van der Waals surface area contributed by atoms with Gasteiger partial charge in [-0.25, -0.2) is 4.98 Å². The van der Waals surface area contributed by atoms with E-state index < -0.39 is 0 Å². The summed E-state index contributed by atoms with van der Waals surface area (Å²) in [7, 11) is 0. The third-order valence-corrected chi connectivity index (χ3v) is 3.84. The van der Waals surface area contributed by atoms with Gasteiger partial charge in [0, 0.05) is 25.3 Å². The van der Waals surface area contributed by atoms with Gasteiger partial charge in [-0.05, 0) is 50.8 Å². The molecule has 1 saturated heterocycles. The first-order chi connectivity index (χ1) is 8.69. The summed E-state index contributed by atoms with van der Waals surface area (Å²) < 4.78 is 0. The molecule has 0 bridgehead atoms. The van der Waals surface area contributed by atoms with Crippen molar-refractivity contribution in [3.8, 4) is 0 Å². The molecule has 0 aliphatic carbocycles. The first-order valence-corrected chi connectivity index (χ1v) is 7.12. The van der Waals surface area contributed by atoms with Crippen LogP contribution in [0.1, 0.15) is 39.2 Å². The smallest absolute Gasteiger partial charge is 0.125 e. The van der Waals surface area contributed by atoms with Crippen LogP contribution in [-0.2, 0) is 6.54 Å². The Morgan fingerprint density at radius 3 is 2.83 bits per heavy atom. The van der Waals surface area contributed by atoms with Crippen molar-refractivity contribution in [1.29, 1.82) is 0 Å². The molecule has 18 heavy (non-hydrogen) atoms. The zero-order valence-electron chi connectivity index (χ0n) is 11.8. The highest BCUT2D eigenvalue weighted by Gasteiger charge is 2.22. The Bertz CT molecular complexity index is 361. The van der Waals surface area contributed by atoms with E-state index >= 15 is 0 Å². The minimum absolute atomic E-state index is 0.696. The number of nitrogens with one attached hydrogen (secondary N) is 1. The van der Waals surface area contributed by atoms with Crippen molar-refractivity contribution < 1.29 is 0 Å². The summed E-state index contributed by atoms with van der Waals surface area (Å²) in [5, 5.41) is 3.23. The number of piperidine rings is 1. The van der Waals surface area contributed by atoms with Crippen molar-refractivity contribution in [2.24, 2.45) is 5.92 Å². The van der Waals surface area contributed by atoms with Crippen molar-refractivity contribution >= 4 is 5.82 Å². The molecule has 0 saturated carbocycles. The quantitative estimate of drug-likeness (QED) is 0.886. The monoisotopic (exact) mass is 247 g/mol. The van der Waals surface area contributed by atoms with E-state index in [0.717, 1.165) is 24.8 Å². The lowest BCUT2D eigenvalue weighted by Gasteiger charge is -2.36. The van der Waals surface area contributed by atoms with Crippen LogP contribution in [0.5, 0.6) is 0 Å². The van der Waals surface area contributed by atoms with Gasteiger partial charge in [-0.3, -0.25) is 4.90 Å². The number of rotatable bonds is 4. The summed E-state index contributed by atoms with van der Waals surface area (Å²) in [5.41, 5.74) is 1.32. The summed E-state index contributed by atoms with van der Waals surface area (Å²) in [6, 6.07) is 4.97. The first kappa shape index (κ1) is 13.3. The lowest BCUT2D eigenvalue weighted by Crippen LogP contribution is -2.39. The highest BCUT2D eigenvalue weighted by Crippen LogP contribution is 2.23. The molecule has 0 radical (unpaired) electrons. The second-order valence-corrected chi connectivity index (χ2v) is 5.53. The zero-order valence-corrected chi connectivity index (χ0v) is 11.8. The normalized spacial score (nSPS) is 25.1. The molecule has 2 atom stereocenters. The van der Waals surface area contributed by atoms with Gasteiger partial charge in [-0.1, -0.05) is 13.0 Å². The fourth-order valence-electron chi connectivity index (χ4n) is 2.73. The van der Waals surface area contributed by atoms with Crippen LogP contribution in [0.4, 0.5) is 5.82 Å². The molecule has 1 aromatic rings. The molecule has 1 N–H and O–H groups in total. The fourth-order valence-corrected chi connectivity index (χ4v) is 2.73. The molecule has 0 amide bonds. The van der Waals surface area contributed by atoms with Gasteiger partial charge in [0.15, 0.2) is 0 Å². The van der Waals surface area contributed by atoms with Gasteiger partial charge in [0.2, 0.25) is 0 Å². The highest BCUT2D eigenvalue weighted by molar-refractivity contribution is 5.35. The maximum atomic E-state index is 4.44. The number of likely N-dealkylation sites (tertiary alicyclic amines) is 1. The van der Waals surface area contributed by atoms with Gasteiger partial charge in [-0.15, -0.1) is 0 Å². The van der Waals surface area contributed by atoms with Crippen molar-refractivity contribution in [1.82, 2.24) is 9.88 Å². The Hall–Kier alpha value is -1.09. The minimum atomic E-state index is 0.696. The minimum Gasteiger partial charge on any atom is -0.370 e. The molecule has 100 valence electrons. The predicted molar refractivity (Wildman–Crippen MR) is 76.7 cm³/mol. The van der Waals surface area contributed by atoms with E-state index in [4.69, 9.17) is 0 Å². The van der Waals surface area contributed by atoms with Crippen molar-refractivity contribution in [2.45, 2.75) is 46.2 Å². The van der Waals surface area contributed by atoms with E-state index in [1.165, 1.54) is 24.9 Å². The average molecular weight is 247 g/mol. The van der Waals surface area contributed by atoms with Crippen LogP contribution in [0.3, 0.4) is 0 Å². The second kappa shape index (κ2) is 6.19. The number of hydrogen-bond acceptors (Lipinski definition) is 3. The van der Waals surface area contributed by atoms with Gasteiger partial charge in [0.25, 0.3) is 0 Å². The van der Waals surface area contributed by atoms with E-state index in [0.29, 0.717) is 6.04 Å². The van der Waals surface area contributed by atoms with Gasteiger partial charge in [0.05, 0.1) is 0 Å². The summed E-state index contributed by atoms with van der Waals surface area (Å²) in [6.45, 7) is 9.97. The van der Waals surface area contributed by atoms with Gasteiger partial charge in [-0.2, -0.15) is 0 Å². The van der Waals surface area contributed by atoms with Crippen LogP contribution in [0.15, 0.2) is 18.3 Å². The molecule has 2 heterocycles. The summed E-state index contributed by atoms with van der Waals surface area (Å²) in [6.07, 6.45) is 4.65. The van der Waals surface area contributed by atoms with Crippen LogP contribution < -0.4 is 5.32 Å². The Labute approximate surface area is 111 Å². The van der Waals surface area contributed by atoms with Crippen LogP contribution in [0, 0.1) is 5.92 Å². The van der Waals surface area contributed by atoms with E-state index in [1.807, 2.05) is 6.20 Å². The maximum Gasteiger partial charge on any atom is 0.125 e. The molecule has 1 aromatic heterocycles. The standard InChI is InChI=1S/C15H25N3/c1-4-16-15-6-5-14(10-17-15)11-18-8-7-12(2)9-13(18)3/h5-6,10,12-13H,4,7-9,11H2,1-3H3,(H,16,17). The van der Waals surface area contributed by atoms with E-state index in [2.05, 4.69) is 48.1 Å². The summed E-state index contributed by atoms with van der Waals surface area (Å²) in [5.74, 6) is 1.85. The first-order valence-electron chi connectivity index (χ1n) is 7.12. The van der Waals surface area contributed by atoms with Crippen LogP contribution in [0.25, 0.3) is 0 Å². The molecule has 0 aromatic carbocycles. The van der Waals surface area contributed by atoms with Crippen LogP contribution >= 0.6 is 0 Å². The molecule has 1 aliphatic rings. The van der Waals surface area contributed by atoms with Crippen molar-refractivity contribution in [3.05, 3.63) is 23.9 Å². The summed E-state index contributed by atoms with van der Waals surface area (Å²) in [4.78, 5) is 7.01. The lowest BCUT2D eigenvalue weighted by molar-refractivity contribution is 0.122. The lowest BCUT2D eigenvalue weighted by atomic mass is 9.93. The predicted octanol–water partition coefficient (Wildman–Crippen LogP) is 3.13. The largest absolute Gasteiger partial charge is 0.370 e. The zero-order chi connectivity index (χ0) is 13.0. The molecule has 1 aliphatic heterocycles. The van der Waals surface area contributed by atoms with Crippen LogP contribution in [0.2, 0.25) is 0 Å². The summed E-state index contributed by atoms with van der Waals surface area (Å²) >= 11 is 0. The van der Waals surface area contributed by atoms with E-state index in [-0.39, 0.29) is 0 Å². The second-order valence-electron chi connectivity index (χ2n) is 5.53. The molecular weight excluding hydrogens is 222 g/mol. The topological polar surface area (TPSA) is 28.2 Å². The maximum absolute atomic E-state index is 4.44. The van der Waals surface area contributed by atoms with Gasteiger partial charge in [0.1, 0.15) is 5.82 Å². The molecule has 2 unspecified atom stereocenters. The Morgan fingerprint density at radius 1 is 1.39 bits per heavy atom. The Balaban J connectivity index is 1.92. The highest BCUT2D eigenvalue weighted by atomic mass is 15.2. The van der Waals surface area contributed by atoms with E-state index in [1.54, 1.807) is 0 Å². The molecule has 3 nitrogen and oxygen atoms in total. The van der Waals surface area contributed by atoms with Crippen LogP contribution in [-0.4, -0.2) is 29.0 Å².